The van der Waals surface area contributed by atoms with Gasteiger partial charge in [-0.1, -0.05) is 76.8 Å². The smallest absolute Gasteiger partial charge is 0.338 e. The van der Waals surface area contributed by atoms with Crippen molar-refractivity contribution < 1.29 is 24.0 Å². The number of oxime groups is 3. The average molecular weight is 981 g/mol. The molecule has 0 saturated heterocycles. The quantitative estimate of drug-likeness (QED) is 0.0215. The molecule has 71 heavy (non-hydrogen) atoms. The molecule has 366 valence electrons. The van der Waals surface area contributed by atoms with Gasteiger partial charge in [-0.15, -0.1) is 0 Å². The number of hydrogen-bond donors (Lipinski definition) is 6. The van der Waals surface area contributed by atoms with Crippen LogP contribution in [0.3, 0.4) is 0 Å². The van der Waals surface area contributed by atoms with Gasteiger partial charge < -0.3 is 52.4 Å². The van der Waals surface area contributed by atoms with Gasteiger partial charge in [-0.05, 0) is 103 Å². The number of fused-ring (bicyclic) bond motifs is 1. The molecule has 0 radical (unpaired) electrons. The van der Waals surface area contributed by atoms with Crippen LogP contribution in [0.4, 0.5) is 52.0 Å². The first-order valence-electron chi connectivity index (χ1n) is 22.2. The zero-order valence-corrected chi connectivity index (χ0v) is 40.3. The molecule has 4 aromatic carbocycles. The summed E-state index contributed by atoms with van der Waals surface area (Å²) in [4.78, 5) is 50.5. The van der Waals surface area contributed by atoms with Gasteiger partial charge in [0.25, 0.3) is 0 Å². The Balaban J connectivity index is 0.000000175. The topological polar surface area (TPSA) is 283 Å². The molecule has 0 bridgehead atoms. The van der Waals surface area contributed by atoms with Crippen molar-refractivity contribution in [3.63, 3.8) is 0 Å². The molecule has 0 atom stereocenters. The first-order chi connectivity index (χ1) is 34.6. The highest BCUT2D eigenvalue weighted by molar-refractivity contribution is 6.30. The number of nitrogen functional groups attached to an aromatic ring is 3. The van der Waals surface area contributed by atoms with Crippen molar-refractivity contribution in [1.29, 1.82) is 0 Å². The molecule has 0 spiro atoms. The molecule has 9 N–H and O–H groups in total. The number of aryl methyl sites for hydroxylation is 1. The van der Waals surface area contributed by atoms with E-state index in [1.807, 2.05) is 55.5 Å². The molecule has 0 amide bonds. The van der Waals surface area contributed by atoms with E-state index in [2.05, 4.69) is 84.4 Å². The Kier molecular flexibility index (Phi) is 19.3. The number of carbonyl (C=O) groups excluding carboxylic acids is 1. The van der Waals surface area contributed by atoms with Crippen LogP contribution in [0.15, 0.2) is 125 Å². The first-order valence-corrected chi connectivity index (χ1v) is 22.6. The predicted octanol–water partition coefficient (Wildman–Crippen LogP) is 9.11. The van der Waals surface area contributed by atoms with Crippen molar-refractivity contribution in [2.45, 2.75) is 39.0 Å². The zero-order valence-electron chi connectivity index (χ0n) is 39.5. The van der Waals surface area contributed by atoms with Crippen molar-refractivity contribution in [2.75, 3.05) is 61.1 Å². The fourth-order valence-electron chi connectivity index (χ4n) is 6.83. The highest BCUT2D eigenvalue weighted by atomic mass is 35.5. The maximum Gasteiger partial charge on any atom is 0.338 e. The number of rotatable bonds is 17. The van der Waals surface area contributed by atoms with E-state index in [1.54, 1.807) is 24.3 Å². The van der Waals surface area contributed by atoms with Crippen LogP contribution in [0, 0.1) is 0 Å². The Morgan fingerprint density at radius 3 is 1.56 bits per heavy atom. The van der Waals surface area contributed by atoms with Crippen LogP contribution < -0.4 is 33.2 Å². The molecule has 0 saturated carbocycles. The monoisotopic (exact) mass is 979 g/mol. The van der Waals surface area contributed by atoms with Crippen LogP contribution in [0.5, 0.6) is 0 Å². The van der Waals surface area contributed by atoms with Crippen molar-refractivity contribution in [3.05, 3.63) is 148 Å². The predicted molar refractivity (Wildman–Crippen MR) is 280 cm³/mol. The highest BCUT2D eigenvalue weighted by Gasteiger charge is 2.17. The van der Waals surface area contributed by atoms with Crippen LogP contribution in [-0.4, -0.2) is 82.5 Å². The van der Waals surface area contributed by atoms with Crippen LogP contribution in [-0.2, 0) is 32.1 Å². The lowest BCUT2D eigenvalue weighted by Gasteiger charge is -2.13. The number of nitrogens with zero attached hydrogens (tertiary/aromatic N) is 9. The number of halogens is 1. The molecule has 0 unspecified atom stereocenters. The molecule has 20 nitrogen and oxygen atoms in total. The number of unbranched alkanes of at least 4 members (excludes halogenated alkanes) is 1. The highest BCUT2D eigenvalue weighted by Crippen LogP contribution is 2.32. The van der Waals surface area contributed by atoms with E-state index in [-0.39, 0.29) is 11.8 Å². The van der Waals surface area contributed by atoms with Gasteiger partial charge in [-0.25, -0.2) is 34.7 Å². The number of ether oxygens (including phenoxy) is 1. The minimum absolute atomic E-state index is 0.273. The second-order valence-corrected chi connectivity index (χ2v) is 15.6. The van der Waals surface area contributed by atoms with E-state index in [4.69, 9.17) is 43.2 Å². The van der Waals surface area contributed by atoms with E-state index >= 15 is 0 Å². The Hall–Kier alpha value is -8.91. The zero-order chi connectivity index (χ0) is 50.4. The van der Waals surface area contributed by atoms with Crippen molar-refractivity contribution >= 4 is 88.2 Å². The van der Waals surface area contributed by atoms with Gasteiger partial charge in [-0.2, -0.15) is 0 Å². The number of benzene rings is 4. The molecule has 3 aromatic heterocycles. The third-order valence-electron chi connectivity index (χ3n) is 10.4. The first kappa shape index (κ1) is 51.5. The summed E-state index contributed by atoms with van der Waals surface area (Å²) >= 11 is 5.93. The fourth-order valence-corrected chi connectivity index (χ4v) is 6.96. The Morgan fingerprint density at radius 1 is 0.620 bits per heavy atom. The third-order valence-corrected chi connectivity index (χ3v) is 10.7. The van der Waals surface area contributed by atoms with Gasteiger partial charge in [0.1, 0.15) is 75.2 Å². The van der Waals surface area contributed by atoms with E-state index in [9.17, 15) is 4.79 Å². The van der Waals surface area contributed by atoms with E-state index in [0.29, 0.717) is 63.0 Å². The van der Waals surface area contributed by atoms with Crippen LogP contribution in [0.1, 0.15) is 64.4 Å². The maximum absolute atomic E-state index is 11.9. The number of hydrogen-bond acceptors (Lipinski definition) is 20. The van der Waals surface area contributed by atoms with Crippen molar-refractivity contribution in [1.82, 2.24) is 29.9 Å². The summed E-state index contributed by atoms with van der Waals surface area (Å²) in [5, 5.41) is 21.6. The normalized spacial score (nSPS) is 11.5. The minimum atomic E-state index is -0.334. The van der Waals surface area contributed by atoms with Crippen molar-refractivity contribution in [3.8, 4) is 11.1 Å². The minimum Gasteiger partial charge on any atom is -0.462 e. The second kappa shape index (κ2) is 26.6. The van der Waals surface area contributed by atoms with E-state index in [1.165, 1.54) is 76.5 Å². The average Bonchev–Trinajstić information content (AvgIpc) is 3.88. The molecule has 7 aromatic rings. The number of esters is 1. The molecule has 1 aliphatic carbocycles. The van der Waals surface area contributed by atoms with Gasteiger partial charge in [0.15, 0.2) is 0 Å². The lowest BCUT2D eigenvalue weighted by atomic mass is 10.1. The standard InChI is InChI=1S/C18H16ClN5O.C17H21N5O3.C15H17N5O/c1-25-23-10-16-17(20)21-11-22-18(16)24-15-8-4-13(5-9-15)12-2-6-14(19)7-3-12;1-3-4-9-25-17(23)12-5-7-13(8-6-12)22-16-14(10-21-24-2)15(18)19-11-20-16;1-21-19-8-12-14(16)17-9-18-15(12)20-13-7-3-5-10-4-2-6-11(10)13/h2-11H,1H3,(H3,20,21,22,24);5-8,10-11H,3-4,9H2,1-2H3,(H3,18,19,20,22);3,5,7-9H,2,4,6H2,1H3,(H3,16,17,18,20)/b23-10+;21-10+;19-8+. The summed E-state index contributed by atoms with van der Waals surface area (Å²) in [6.45, 7) is 2.47. The van der Waals surface area contributed by atoms with Gasteiger partial charge >= 0.3 is 5.97 Å². The number of anilines is 9. The lowest BCUT2D eigenvalue weighted by molar-refractivity contribution is 0.0499. The molecule has 21 heteroatoms. The molecule has 8 rings (SSSR count). The van der Waals surface area contributed by atoms with Gasteiger partial charge in [0.2, 0.25) is 0 Å². The molecule has 0 fully saturated rings. The summed E-state index contributed by atoms with van der Waals surface area (Å²) in [7, 11) is 4.37. The largest absolute Gasteiger partial charge is 0.462 e. The molecule has 3 heterocycles. The summed E-state index contributed by atoms with van der Waals surface area (Å²) in [5.41, 5.74) is 27.4. The van der Waals surface area contributed by atoms with Crippen LogP contribution >= 0.6 is 11.6 Å². The van der Waals surface area contributed by atoms with Crippen LogP contribution in [0.25, 0.3) is 11.1 Å². The Bertz CT molecular complexity index is 2920. The maximum atomic E-state index is 11.9. The lowest BCUT2D eigenvalue weighted by Crippen LogP contribution is -2.07. The van der Waals surface area contributed by atoms with Gasteiger partial charge in [0.05, 0.1) is 47.5 Å². The molecule has 1 aliphatic rings. The Morgan fingerprint density at radius 2 is 1.08 bits per heavy atom. The SMILES string of the molecule is CCCCOC(=O)c1ccc(Nc2ncnc(N)c2/C=N/OC)cc1.CO/N=C/c1c(N)ncnc1Nc1ccc(-c2ccc(Cl)cc2)cc1.CO/N=C/c1c(N)ncnc1Nc1cccc2c1CCC2. The summed E-state index contributed by atoms with van der Waals surface area (Å²) in [5.74, 6) is 2.27. The second-order valence-electron chi connectivity index (χ2n) is 15.1. The van der Waals surface area contributed by atoms with E-state index in [0.717, 1.165) is 53.9 Å². The molecular weight excluding hydrogens is 926 g/mol. The third kappa shape index (κ3) is 14.8. The Labute approximate surface area is 415 Å². The number of nitrogens with two attached hydrogens (primary N) is 3. The molecular formula is C50H54ClN15O5. The van der Waals surface area contributed by atoms with E-state index < -0.39 is 0 Å². The number of nitrogens with one attached hydrogen (secondary N) is 3. The summed E-state index contributed by atoms with van der Waals surface area (Å²) in [6.07, 6.45) is 13.8. The van der Waals surface area contributed by atoms with Crippen molar-refractivity contribution in [2.24, 2.45) is 15.5 Å². The van der Waals surface area contributed by atoms with Crippen LogP contribution in [0.2, 0.25) is 5.02 Å². The summed E-state index contributed by atoms with van der Waals surface area (Å²) < 4.78 is 5.18. The molecule has 0 aliphatic heterocycles. The van der Waals surface area contributed by atoms with Gasteiger partial charge in [-0.3, -0.25) is 0 Å². The van der Waals surface area contributed by atoms with Gasteiger partial charge in [0, 0.05) is 22.1 Å². The number of aromatic nitrogens is 6. The fraction of sp³-hybridized carbons (Fsp3) is 0.200. The summed E-state index contributed by atoms with van der Waals surface area (Å²) in [6, 6.07) is 28.8. The number of carbonyl (C=O) groups is 1.